The predicted molar refractivity (Wildman–Crippen MR) is 102 cm³/mol. The molecule has 1 unspecified atom stereocenters. The molecule has 1 amide bonds. The van der Waals surface area contributed by atoms with Gasteiger partial charge in [0.05, 0.1) is 21.3 Å². The zero-order valence-corrected chi connectivity index (χ0v) is 15.6. The molecule has 1 heterocycles. The lowest BCUT2D eigenvalue weighted by Crippen LogP contribution is -2.26. The van der Waals surface area contributed by atoms with E-state index in [1.807, 2.05) is 31.2 Å². The quantitative estimate of drug-likeness (QED) is 0.582. The number of para-hydroxylation sites is 1. The minimum atomic E-state index is -2.87. The van der Waals surface area contributed by atoms with Crippen molar-refractivity contribution in [2.45, 2.75) is 38.8 Å². The molecule has 0 radical (unpaired) electrons. The number of nitrogens with zero attached hydrogens (tertiary/aromatic N) is 1. The molecule has 0 bridgehead atoms. The molecule has 0 aliphatic rings. The van der Waals surface area contributed by atoms with Gasteiger partial charge in [-0.25, -0.2) is 4.98 Å². The van der Waals surface area contributed by atoms with Gasteiger partial charge in [0.1, 0.15) is 5.75 Å². The van der Waals surface area contributed by atoms with Crippen LogP contribution in [-0.2, 0) is 11.2 Å². The third-order valence-electron chi connectivity index (χ3n) is 4.09. The number of amides is 1. The number of nitrogens with one attached hydrogen (secondary N) is 1. The fourth-order valence-corrected chi connectivity index (χ4v) is 3.79. The van der Waals surface area contributed by atoms with Crippen molar-refractivity contribution in [2.24, 2.45) is 0 Å². The maximum atomic E-state index is 12.3. The summed E-state index contributed by atoms with van der Waals surface area (Å²) in [6.07, 6.45) is 1.83. The Balaban J connectivity index is 1.48. The van der Waals surface area contributed by atoms with E-state index in [1.165, 1.54) is 12.1 Å². The number of aromatic nitrogens is 1. The Morgan fingerprint density at radius 1 is 1.22 bits per heavy atom. The van der Waals surface area contributed by atoms with E-state index >= 15 is 0 Å². The van der Waals surface area contributed by atoms with Gasteiger partial charge in [-0.1, -0.05) is 24.3 Å². The maximum absolute atomic E-state index is 12.3. The van der Waals surface area contributed by atoms with E-state index in [4.69, 9.17) is 0 Å². The zero-order chi connectivity index (χ0) is 19.2. The number of aryl methyl sites for hydroxylation is 1. The molecule has 3 aromatic rings. The van der Waals surface area contributed by atoms with Crippen molar-refractivity contribution < 1.29 is 18.3 Å². The van der Waals surface area contributed by atoms with Gasteiger partial charge in [0.15, 0.2) is 0 Å². The van der Waals surface area contributed by atoms with E-state index in [1.54, 1.807) is 23.5 Å². The molecule has 0 aliphatic heterocycles. The molecule has 27 heavy (non-hydrogen) atoms. The van der Waals surface area contributed by atoms with Crippen LogP contribution in [0.2, 0.25) is 0 Å². The number of benzene rings is 2. The molecular formula is C20H20F2N2O2S. The normalized spacial score (nSPS) is 12.3. The number of thiazole rings is 1. The number of alkyl halides is 2. The summed E-state index contributed by atoms with van der Waals surface area (Å²) in [6.45, 7) is -1.06. The summed E-state index contributed by atoms with van der Waals surface area (Å²) in [6, 6.07) is 14.0. The highest BCUT2D eigenvalue weighted by Gasteiger charge is 2.12. The topological polar surface area (TPSA) is 51.2 Å². The molecule has 1 aromatic heterocycles. The van der Waals surface area contributed by atoms with Crippen molar-refractivity contribution >= 4 is 27.5 Å². The van der Waals surface area contributed by atoms with Gasteiger partial charge in [-0.3, -0.25) is 4.79 Å². The average Bonchev–Trinajstić information content (AvgIpc) is 3.04. The number of carbonyl (C=O) groups excluding carboxylic acids is 1. The van der Waals surface area contributed by atoms with Crippen molar-refractivity contribution in [3.63, 3.8) is 0 Å². The molecule has 0 saturated heterocycles. The molecule has 0 fully saturated rings. The molecule has 0 aliphatic carbocycles. The van der Waals surface area contributed by atoms with Gasteiger partial charge >= 0.3 is 6.61 Å². The first-order valence-corrected chi connectivity index (χ1v) is 9.51. The number of ether oxygens (including phenoxy) is 1. The van der Waals surface area contributed by atoms with Crippen molar-refractivity contribution in [3.8, 4) is 5.75 Å². The molecule has 0 saturated carbocycles. The first-order valence-electron chi connectivity index (χ1n) is 8.70. The Morgan fingerprint density at radius 3 is 2.81 bits per heavy atom. The molecule has 4 nitrogen and oxygen atoms in total. The van der Waals surface area contributed by atoms with Crippen LogP contribution >= 0.6 is 11.3 Å². The SMILES string of the molecule is CC(NC(=O)CCCc1nc2ccccc2s1)c1cccc(OC(F)F)c1. The Labute approximate surface area is 160 Å². The highest BCUT2D eigenvalue weighted by Crippen LogP contribution is 2.23. The van der Waals surface area contributed by atoms with Gasteiger partial charge in [0.25, 0.3) is 0 Å². The molecule has 142 valence electrons. The zero-order valence-electron chi connectivity index (χ0n) is 14.8. The van der Waals surface area contributed by atoms with Crippen LogP contribution in [0.1, 0.15) is 36.4 Å². The molecule has 2 aromatic carbocycles. The Bertz CT molecular complexity index is 881. The van der Waals surface area contributed by atoms with Crippen LogP contribution in [0.5, 0.6) is 5.75 Å². The van der Waals surface area contributed by atoms with Crippen molar-refractivity contribution in [3.05, 3.63) is 59.1 Å². The second kappa shape index (κ2) is 8.90. The molecule has 1 atom stereocenters. The predicted octanol–water partition coefficient (Wildman–Crippen LogP) is 5.10. The Hall–Kier alpha value is -2.54. The number of hydrogen-bond donors (Lipinski definition) is 1. The highest BCUT2D eigenvalue weighted by molar-refractivity contribution is 7.18. The largest absolute Gasteiger partial charge is 0.435 e. The van der Waals surface area contributed by atoms with Gasteiger partial charge in [0.2, 0.25) is 5.91 Å². The minimum absolute atomic E-state index is 0.0798. The standard InChI is InChI=1S/C20H20F2N2O2S/c1-13(14-6-4-7-15(12-14)26-20(21)22)23-18(25)10-5-11-19-24-16-8-2-3-9-17(16)27-19/h2-4,6-9,12-13,20H,5,10-11H2,1H3,(H,23,25). The van der Waals surface area contributed by atoms with E-state index in [-0.39, 0.29) is 17.7 Å². The van der Waals surface area contributed by atoms with Crippen molar-refractivity contribution in [1.82, 2.24) is 10.3 Å². The second-order valence-corrected chi connectivity index (χ2v) is 7.28. The van der Waals surface area contributed by atoms with Crippen LogP contribution < -0.4 is 10.1 Å². The third-order valence-corrected chi connectivity index (χ3v) is 5.19. The summed E-state index contributed by atoms with van der Waals surface area (Å²) in [7, 11) is 0. The molecular weight excluding hydrogens is 370 g/mol. The van der Waals surface area contributed by atoms with Crippen LogP contribution in [-0.4, -0.2) is 17.5 Å². The fraction of sp³-hybridized carbons (Fsp3) is 0.300. The number of hydrogen-bond acceptors (Lipinski definition) is 4. The van der Waals surface area contributed by atoms with E-state index in [9.17, 15) is 13.6 Å². The van der Waals surface area contributed by atoms with Gasteiger partial charge in [0, 0.05) is 6.42 Å². The summed E-state index contributed by atoms with van der Waals surface area (Å²) >= 11 is 1.65. The summed E-state index contributed by atoms with van der Waals surface area (Å²) in [4.78, 5) is 16.7. The minimum Gasteiger partial charge on any atom is -0.435 e. The van der Waals surface area contributed by atoms with E-state index in [2.05, 4.69) is 15.0 Å². The molecule has 3 rings (SSSR count). The van der Waals surface area contributed by atoms with Crippen LogP contribution in [0, 0.1) is 0 Å². The average molecular weight is 390 g/mol. The summed E-state index contributed by atoms with van der Waals surface area (Å²) in [5.41, 5.74) is 1.70. The smallest absolute Gasteiger partial charge is 0.387 e. The molecule has 7 heteroatoms. The summed E-state index contributed by atoms with van der Waals surface area (Å²) in [5, 5.41) is 3.91. The van der Waals surface area contributed by atoms with Crippen LogP contribution in [0.15, 0.2) is 48.5 Å². The molecule has 1 N–H and O–H groups in total. The number of fused-ring (bicyclic) bond motifs is 1. The van der Waals surface area contributed by atoms with Crippen LogP contribution in [0.25, 0.3) is 10.2 Å². The third kappa shape index (κ3) is 5.47. The lowest BCUT2D eigenvalue weighted by molar-refractivity contribution is -0.121. The van der Waals surface area contributed by atoms with Crippen molar-refractivity contribution in [1.29, 1.82) is 0 Å². The van der Waals surface area contributed by atoms with E-state index in [0.717, 1.165) is 21.6 Å². The van der Waals surface area contributed by atoms with Gasteiger partial charge < -0.3 is 10.1 Å². The fourth-order valence-electron chi connectivity index (χ4n) is 2.78. The Morgan fingerprint density at radius 2 is 2.04 bits per heavy atom. The van der Waals surface area contributed by atoms with Gasteiger partial charge in [-0.2, -0.15) is 8.78 Å². The maximum Gasteiger partial charge on any atom is 0.387 e. The highest BCUT2D eigenvalue weighted by atomic mass is 32.1. The monoisotopic (exact) mass is 390 g/mol. The van der Waals surface area contributed by atoms with Crippen LogP contribution in [0.3, 0.4) is 0 Å². The number of halogens is 2. The van der Waals surface area contributed by atoms with Gasteiger partial charge in [-0.05, 0) is 49.6 Å². The van der Waals surface area contributed by atoms with Crippen LogP contribution in [0.4, 0.5) is 8.78 Å². The lowest BCUT2D eigenvalue weighted by Gasteiger charge is -2.15. The molecule has 0 spiro atoms. The van der Waals surface area contributed by atoms with E-state index in [0.29, 0.717) is 18.4 Å². The van der Waals surface area contributed by atoms with Gasteiger partial charge in [-0.15, -0.1) is 11.3 Å². The van der Waals surface area contributed by atoms with E-state index < -0.39 is 6.61 Å². The summed E-state index contributed by atoms with van der Waals surface area (Å²) < 4.78 is 30.2. The summed E-state index contributed by atoms with van der Waals surface area (Å²) in [5.74, 6) is 0.00299. The second-order valence-electron chi connectivity index (χ2n) is 6.17. The lowest BCUT2D eigenvalue weighted by atomic mass is 10.1. The Kier molecular flexibility index (Phi) is 6.34. The first kappa shape index (κ1) is 19.2. The van der Waals surface area contributed by atoms with Crippen molar-refractivity contribution in [2.75, 3.05) is 0 Å². The number of carbonyl (C=O) groups is 1. The number of rotatable bonds is 8. The first-order chi connectivity index (χ1) is 13.0.